The molecule has 158 valence electrons. The van der Waals surface area contributed by atoms with Gasteiger partial charge >= 0.3 is 6.01 Å². The Balaban J connectivity index is 1.82. The fourth-order valence-corrected chi connectivity index (χ4v) is 3.35. The minimum absolute atomic E-state index is 0.0531. The fourth-order valence-electron chi connectivity index (χ4n) is 3.35. The number of ether oxygens (including phenoxy) is 1. The number of nitrogens with zero attached hydrogens (tertiary/aromatic N) is 3. The highest BCUT2D eigenvalue weighted by Gasteiger charge is 2.17. The van der Waals surface area contributed by atoms with Gasteiger partial charge in [0.2, 0.25) is 5.91 Å². The van der Waals surface area contributed by atoms with Gasteiger partial charge in [0.25, 0.3) is 0 Å². The van der Waals surface area contributed by atoms with Crippen LogP contribution in [0.4, 0.5) is 5.69 Å². The first-order valence-corrected chi connectivity index (χ1v) is 10.5. The molecule has 0 aliphatic heterocycles. The van der Waals surface area contributed by atoms with E-state index in [4.69, 9.17) is 4.74 Å². The zero-order chi connectivity index (χ0) is 21.5. The molecule has 1 N–H and O–H groups in total. The predicted octanol–water partition coefficient (Wildman–Crippen LogP) is 5.41. The van der Waals surface area contributed by atoms with Gasteiger partial charge < -0.3 is 10.1 Å². The van der Waals surface area contributed by atoms with Crippen molar-refractivity contribution in [1.82, 2.24) is 14.8 Å². The number of aromatic nitrogens is 3. The van der Waals surface area contributed by atoms with E-state index in [1.165, 1.54) is 5.56 Å². The Labute approximate surface area is 178 Å². The van der Waals surface area contributed by atoms with Gasteiger partial charge in [0.1, 0.15) is 0 Å². The fraction of sp³-hybridized carbons (Fsp3) is 0.375. The van der Waals surface area contributed by atoms with E-state index >= 15 is 0 Å². The lowest BCUT2D eigenvalue weighted by atomic mass is 9.98. The van der Waals surface area contributed by atoms with Crippen LogP contribution in [0.1, 0.15) is 45.1 Å². The highest BCUT2D eigenvalue weighted by molar-refractivity contribution is 5.92. The van der Waals surface area contributed by atoms with Crippen molar-refractivity contribution in [3.63, 3.8) is 0 Å². The van der Waals surface area contributed by atoms with Crippen LogP contribution < -0.4 is 10.1 Å². The number of amides is 1. The molecule has 0 aliphatic rings. The molecular weight excluding hydrogens is 376 g/mol. The molecule has 3 aromatic rings. The van der Waals surface area contributed by atoms with Crippen molar-refractivity contribution in [2.45, 2.75) is 46.5 Å². The van der Waals surface area contributed by atoms with Crippen molar-refractivity contribution in [2.24, 2.45) is 5.92 Å². The van der Waals surface area contributed by atoms with Crippen molar-refractivity contribution in [2.75, 3.05) is 12.4 Å². The number of benzene rings is 2. The molecule has 1 heterocycles. The highest BCUT2D eigenvalue weighted by Crippen LogP contribution is 2.25. The topological polar surface area (TPSA) is 69.0 Å². The number of unbranched alkanes of at least 4 members (excludes halogenated alkanes) is 1. The van der Waals surface area contributed by atoms with E-state index < -0.39 is 0 Å². The van der Waals surface area contributed by atoms with Crippen LogP contribution in [-0.2, 0) is 4.79 Å². The van der Waals surface area contributed by atoms with Gasteiger partial charge in [-0.1, -0.05) is 56.5 Å². The number of methoxy groups -OCH3 is 1. The Morgan fingerprint density at radius 2 is 1.80 bits per heavy atom. The van der Waals surface area contributed by atoms with Crippen molar-refractivity contribution in [1.29, 1.82) is 0 Å². The maximum Gasteiger partial charge on any atom is 0.336 e. The van der Waals surface area contributed by atoms with Gasteiger partial charge in [-0.2, -0.15) is 4.98 Å². The summed E-state index contributed by atoms with van der Waals surface area (Å²) in [5.74, 6) is 0.841. The van der Waals surface area contributed by atoms with Crippen LogP contribution in [0, 0.1) is 12.8 Å². The number of nitrogens with one attached hydrogen (secondary N) is 1. The molecule has 1 aromatic heterocycles. The summed E-state index contributed by atoms with van der Waals surface area (Å²) in [6, 6.07) is 16.1. The lowest BCUT2D eigenvalue weighted by Gasteiger charge is -2.15. The summed E-state index contributed by atoms with van der Waals surface area (Å²) in [5, 5.41) is 7.50. The van der Waals surface area contributed by atoms with Gasteiger partial charge in [0.15, 0.2) is 5.82 Å². The van der Waals surface area contributed by atoms with Gasteiger partial charge in [0.05, 0.1) is 12.8 Å². The molecule has 6 nitrogen and oxygen atoms in total. The van der Waals surface area contributed by atoms with Crippen LogP contribution in [0.15, 0.2) is 48.5 Å². The molecule has 6 heteroatoms. The Hall–Kier alpha value is -3.15. The molecule has 2 aromatic carbocycles. The van der Waals surface area contributed by atoms with E-state index in [2.05, 4.69) is 29.2 Å². The molecule has 0 saturated carbocycles. The number of rotatable bonds is 9. The molecule has 0 radical (unpaired) electrons. The van der Waals surface area contributed by atoms with Crippen LogP contribution in [0.2, 0.25) is 0 Å². The number of hydrogen-bond donors (Lipinski definition) is 1. The quantitative estimate of drug-likeness (QED) is 0.516. The molecule has 1 amide bonds. The molecule has 0 unspecified atom stereocenters. The first-order valence-electron chi connectivity index (χ1n) is 10.5. The smallest absolute Gasteiger partial charge is 0.336 e. The average Bonchev–Trinajstić information content (AvgIpc) is 3.20. The standard InChI is InChI=1S/C24H30N4O2/c1-5-7-8-18(6-2)23(29)25-20-13-15-21(16-14-20)28-22(26-24(27-28)30-4)19-11-9-17(3)10-12-19/h9-16,18H,5-8H2,1-4H3,(H,25,29)/t18-/m0/s1. The van der Waals surface area contributed by atoms with Gasteiger partial charge in [-0.25, -0.2) is 4.68 Å². The Kier molecular flexibility index (Phi) is 7.22. The lowest BCUT2D eigenvalue weighted by molar-refractivity contribution is -0.120. The van der Waals surface area contributed by atoms with Crippen molar-refractivity contribution < 1.29 is 9.53 Å². The maximum atomic E-state index is 12.6. The van der Waals surface area contributed by atoms with Crippen LogP contribution in [0.5, 0.6) is 6.01 Å². The third kappa shape index (κ3) is 5.06. The second kappa shape index (κ2) is 10.1. The van der Waals surface area contributed by atoms with E-state index in [-0.39, 0.29) is 11.8 Å². The van der Waals surface area contributed by atoms with E-state index in [1.54, 1.807) is 11.8 Å². The summed E-state index contributed by atoms with van der Waals surface area (Å²) in [5.41, 5.74) is 3.76. The maximum absolute atomic E-state index is 12.6. The first-order chi connectivity index (χ1) is 14.5. The highest BCUT2D eigenvalue weighted by atomic mass is 16.5. The molecule has 0 bridgehead atoms. The Morgan fingerprint density at radius 3 is 2.40 bits per heavy atom. The molecule has 0 fully saturated rings. The third-order valence-electron chi connectivity index (χ3n) is 5.23. The monoisotopic (exact) mass is 406 g/mol. The summed E-state index contributed by atoms with van der Waals surface area (Å²) in [6.07, 6.45) is 3.95. The summed E-state index contributed by atoms with van der Waals surface area (Å²) >= 11 is 0. The first kappa shape index (κ1) is 21.6. The normalized spacial score (nSPS) is 11.9. The number of carbonyl (C=O) groups is 1. The van der Waals surface area contributed by atoms with Gasteiger partial charge in [-0.3, -0.25) is 4.79 Å². The second-order valence-corrected chi connectivity index (χ2v) is 7.48. The third-order valence-corrected chi connectivity index (χ3v) is 5.23. The second-order valence-electron chi connectivity index (χ2n) is 7.48. The Morgan fingerprint density at radius 1 is 1.10 bits per heavy atom. The predicted molar refractivity (Wildman–Crippen MR) is 120 cm³/mol. The molecule has 0 aliphatic carbocycles. The summed E-state index contributed by atoms with van der Waals surface area (Å²) < 4.78 is 7.00. The zero-order valence-corrected chi connectivity index (χ0v) is 18.2. The van der Waals surface area contributed by atoms with Crippen molar-refractivity contribution in [3.05, 3.63) is 54.1 Å². The van der Waals surface area contributed by atoms with Crippen LogP contribution in [-0.4, -0.2) is 27.8 Å². The number of anilines is 1. The molecule has 0 saturated heterocycles. The molecule has 3 rings (SSSR count). The summed E-state index contributed by atoms with van der Waals surface area (Å²) in [6.45, 7) is 6.26. The van der Waals surface area contributed by atoms with E-state index in [1.807, 2.05) is 55.5 Å². The minimum Gasteiger partial charge on any atom is -0.466 e. The number of carbonyl (C=O) groups excluding carboxylic acids is 1. The van der Waals surface area contributed by atoms with Crippen LogP contribution in [0.3, 0.4) is 0 Å². The summed E-state index contributed by atoms with van der Waals surface area (Å²) in [4.78, 5) is 17.1. The SMILES string of the molecule is CCCC[C@H](CC)C(=O)Nc1ccc(-n2nc(OC)nc2-c2ccc(C)cc2)cc1. The van der Waals surface area contributed by atoms with Gasteiger partial charge in [0, 0.05) is 17.2 Å². The van der Waals surface area contributed by atoms with E-state index in [0.717, 1.165) is 42.6 Å². The van der Waals surface area contributed by atoms with E-state index in [0.29, 0.717) is 11.8 Å². The van der Waals surface area contributed by atoms with Crippen molar-refractivity contribution in [3.8, 4) is 23.1 Å². The van der Waals surface area contributed by atoms with Crippen LogP contribution >= 0.6 is 0 Å². The lowest BCUT2D eigenvalue weighted by Crippen LogP contribution is -2.22. The van der Waals surface area contributed by atoms with Crippen molar-refractivity contribution >= 4 is 11.6 Å². The Bertz CT molecular complexity index is 962. The van der Waals surface area contributed by atoms with Crippen LogP contribution in [0.25, 0.3) is 17.1 Å². The average molecular weight is 407 g/mol. The largest absolute Gasteiger partial charge is 0.466 e. The zero-order valence-electron chi connectivity index (χ0n) is 18.2. The minimum atomic E-state index is 0.0531. The molecule has 0 spiro atoms. The summed E-state index contributed by atoms with van der Waals surface area (Å²) in [7, 11) is 1.56. The van der Waals surface area contributed by atoms with Gasteiger partial charge in [-0.15, -0.1) is 5.10 Å². The number of aryl methyl sites for hydroxylation is 1. The molecule has 1 atom stereocenters. The molecule has 30 heavy (non-hydrogen) atoms. The van der Waals surface area contributed by atoms with E-state index in [9.17, 15) is 4.79 Å². The number of hydrogen-bond acceptors (Lipinski definition) is 4. The van der Waals surface area contributed by atoms with Gasteiger partial charge in [-0.05, 0) is 44.0 Å². The molecular formula is C24H30N4O2.